The second kappa shape index (κ2) is 3.70. The van der Waals surface area contributed by atoms with Crippen LogP contribution < -0.4 is 5.73 Å². The number of hydrogen-bond donors (Lipinski definition) is 1. The van der Waals surface area contributed by atoms with Crippen LogP contribution in [-0.2, 0) is 0 Å². The van der Waals surface area contributed by atoms with Gasteiger partial charge in [0, 0.05) is 11.6 Å². The first-order chi connectivity index (χ1) is 5.61. The Hall–Kier alpha value is -0.860. The molecular formula is C9H10ClNO. The van der Waals surface area contributed by atoms with E-state index in [1.807, 2.05) is 6.92 Å². The van der Waals surface area contributed by atoms with Gasteiger partial charge in [-0.3, -0.25) is 4.79 Å². The van der Waals surface area contributed by atoms with E-state index in [2.05, 4.69) is 0 Å². The summed E-state index contributed by atoms with van der Waals surface area (Å²) in [6.07, 6.45) is 0. The number of carbonyl (C=O) groups is 1. The Morgan fingerprint density at radius 2 is 1.92 bits per heavy atom. The first kappa shape index (κ1) is 9.23. The molecule has 1 unspecified atom stereocenters. The van der Waals surface area contributed by atoms with E-state index < -0.39 is 5.24 Å². The summed E-state index contributed by atoms with van der Waals surface area (Å²) in [5.41, 5.74) is 7.12. The van der Waals surface area contributed by atoms with E-state index in [0.717, 1.165) is 5.56 Å². The van der Waals surface area contributed by atoms with Gasteiger partial charge in [0.2, 0.25) is 0 Å². The summed E-state index contributed by atoms with van der Waals surface area (Å²) in [7, 11) is 0. The highest BCUT2D eigenvalue weighted by Gasteiger charge is 2.02. The van der Waals surface area contributed by atoms with Crippen LogP contribution in [-0.4, -0.2) is 5.24 Å². The van der Waals surface area contributed by atoms with Gasteiger partial charge in [0.05, 0.1) is 0 Å². The molecule has 64 valence electrons. The first-order valence-corrected chi connectivity index (χ1v) is 4.04. The summed E-state index contributed by atoms with van der Waals surface area (Å²) in [5, 5.41) is -0.439. The minimum Gasteiger partial charge on any atom is -0.324 e. The molecule has 0 spiro atoms. The third-order valence-corrected chi connectivity index (χ3v) is 1.88. The van der Waals surface area contributed by atoms with Crippen molar-refractivity contribution in [1.29, 1.82) is 0 Å². The van der Waals surface area contributed by atoms with E-state index in [4.69, 9.17) is 17.3 Å². The van der Waals surface area contributed by atoms with Crippen molar-refractivity contribution in [1.82, 2.24) is 0 Å². The molecule has 0 aliphatic rings. The molecule has 1 aromatic carbocycles. The summed E-state index contributed by atoms with van der Waals surface area (Å²) in [6.45, 7) is 1.89. The zero-order valence-electron chi connectivity index (χ0n) is 6.75. The predicted octanol–water partition coefficient (Wildman–Crippen LogP) is 2.09. The highest BCUT2D eigenvalue weighted by Crippen LogP contribution is 2.11. The van der Waals surface area contributed by atoms with Gasteiger partial charge in [0.25, 0.3) is 5.24 Å². The number of halogens is 1. The molecule has 0 aliphatic heterocycles. The van der Waals surface area contributed by atoms with Crippen molar-refractivity contribution in [2.45, 2.75) is 13.0 Å². The Balaban J connectivity index is 2.93. The quantitative estimate of drug-likeness (QED) is 0.714. The second-order valence-corrected chi connectivity index (χ2v) is 3.03. The van der Waals surface area contributed by atoms with Crippen LogP contribution in [0.5, 0.6) is 0 Å². The smallest absolute Gasteiger partial charge is 0.252 e. The predicted molar refractivity (Wildman–Crippen MR) is 49.2 cm³/mol. The van der Waals surface area contributed by atoms with Gasteiger partial charge < -0.3 is 5.73 Å². The molecule has 0 saturated carbocycles. The lowest BCUT2D eigenvalue weighted by Gasteiger charge is -2.04. The van der Waals surface area contributed by atoms with Crippen LogP contribution in [0.3, 0.4) is 0 Å². The lowest BCUT2D eigenvalue weighted by atomic mass is 10.1. The van der Waals surface area contributed by atoms with Crippen LogP contribution in [0, 0.1) is 0 Å². The van der Waals surface area contributed by atoms with Gasteiger partial charge in [-0.15, -0.1) is 0 Å². The maximum atomic E-state index is 10.7. The molecule has 0 radical (unpaired) electrons. The van der Waals surface area contributed by atoms with Crippen molar-refractivity contribution in [2.24, 2.45) is 5.73 Å². The van der Waals surface area contributed by atoms with Gasteiger partial charge in [0.1, 0.15) is 0 Å². The molecule has 1 aromatic rings. The number of carbonyl (C=O) groups excluding carboxylic acids is 1. The topological polar surface area (TPSA) is 43.1 Å². The minimum absolute atomic E-state index is 0.00974. The van der Waals surface area contributed by atoms with Gasteiger partial charge in [0.15, 0.2) is 0 Å². The summed E-state index contributed by atoms with van der Waals surface area (Å²) in [6, 6.07) is 6.95. The van der Waals surface area contributed by atoms with Crippen molar-refractivity contribution < 1.29 is 4.79 Å². The van der Waals surface area contributed by atoms with Gasteiger partial charge in [-0.25, -0.2) is 0 Å². The Labute approximate surface area is 76.3 Å². The summed E-state index contributed by atoms with van der Waals surface area (Å²) in [5.74, 6) is 0. The van der Waals surface area contributed by atoms with Crippen LogP contribution in [0.2, 0.25) is 0 Å². The zero-order valence-corrected chi connectivity index (χ0v) is 7.51. The van der Waals surface area contributed by atoms with Crippen LogP contribution in [0.25, 0.3) is 0 Å². The van der Waals surface area contributed by atoms with E-state index in [1.165, 1.54) is 0 Å². The fourth-order valence-electron chi connectivity index (χ4n) is 0.918. The normalized spacial score (nSPS) is 12.6. The third-order valence-electron chi connectivity index (χ3n) is 1.66. The van der Waals surface area contributed by atoms with Crippen molar-refractivity contribution in [2.75, 3.05) is 0 Å². The monoisotopic (exact) mass is 183 g/mol. The van der Waals surface area contributed by atoms with E-state index in [-0.39, 0.29) is 6.04 Å². The molecule has 0 fully saturated rings. The molecule has 3 heteroatoms. The van der Waals surface area contributed by atoms with Gasteiger partial charge in [-0.2, -0.15) is 0 Å². The van der Waals surface area contributed by atoms with E-state index in [0.29, 0.717) is 5.56 Å². The minimum atomic E-state index is -0.439. The maximum absolute atomic E-state index is 10.7. The third kappa shape index (κ3) is 2.06. The van der Waals surface area contributed by atoms with Crippen molar-refractivity contribution >= 4 is 16.8 Å². The molecule has 2 nitrogen and oxygen atoms in total. The number of rotatable bonds is 2. The second-order valence-electron chi connectivity index (χ2n) is 2.68. The maximum Gasteiger partial charge on any atom is 0.252 e. The number of hydrogen-bond acceptors (Lipinski definition) is 2. The van der Waals surface area contributed by atoms with Crippen molar-refractivity contribution in [3.05, 3.63) is 35.4 Å². The number of nitrogens with two attached hydrogens (primary N) is 1. The summed E-state index contributed by atoms with van der Waals surface area (Å²) < 4.78 is 0. The summed E-state index contributed by atoms with van der Waals surface area (Å²) in [4.78, 5) is 10.7. The van der Waals surface area contributed by atoms with Gasteiger partial charge in [-0.05, 0) is 36.2 Å². The van der Waals surface area contributed by atoms with Crippen LogP contribution in [0.15, 0.2) is 24.3 Å². The van der Waals surface area contributed by atoms with E-state index in [1.54, 1.807) is 24.3 Å². The van der Waals surface area contributed by atoms with Crippen LogP contribution in [0.4, 0.5) is 0 Å². The Morgan fingerprint density at radius 3 is 2.25 bits per heavy atom. The Morgan fingerprint density at radius 1 is 1.42 bits per heavy atom. The molecule has 0 saturated heterocycles. The van der Waals surface area contributed by atoms with Crippen LogP contribution >= 0.6 is 11.6 Å². The van der Waals surface area contributed by atoms with Crippen molar-refractivity contribution in [3.63, 3.8) is 0 Å². The fourth-order valence-corrected chi connectivity index (χ4v) is 1.04. The lowest BCUT2D eigenvalue weighted by Crippen LogP contribution is -2.04. The summed E-state index contributed by atoms with van der Waals surface area (Å²) >= 11 is 5.26. The molecule has 1 atom stereocenters. The molecule has 2 N–H and O–H groups in total. The average molecular weight is 184 g/mol. The van der Waals surface area contributed by atoms with Crippen LogP contribution in [0.1, 0.15) is 28.9 Å². The van der Waals surface area contributed by atoms with Gasteiger partial charge >= 0.3 is 0 Å². The molecule has 12 heavy (non-hydrogen) atoms. The molecular weight excluding hydrogens is 174 g/mol. The highest BCUT2D eigenvalue weighted by atomic mass is 35.5. The molecule has 1 rings (SSSR count). The number of benzene rings is 1. The molecule has 0 aliphatic carbocycles. The van der Waals surface area contributed by atoms with E-state index in [9.17, 15) is 4.79 Å². The Bertz CT molecular complexity index is 279. The first-order valence-electron chi connectivity index (χ1n) is 3.66. The standard InChI is InChI=1S/C9H10ClNO/c1-6(11)7-2-4-8(5-3-7)9(10)12/h2-6H,11H2,1H3. The largest absolute Gasteiger partial charge is 0.324 e. The zero-order chi connectivity index (χ0) is 9.14. The van der Waals surface area contributed by atoms with Gasteiger partial charge in [-0.1, -0.05) is 12.1 Å². The van der Waals surface area contributed by atoms with Crippen molar-refractivity contribution in [3.8, 4) is 0 Å². The molecule has 0 amide bonds. The Kier molecular flexibility index (Phi) is 2.84. The highest BCUT2D eigenvalue weighted by molar-refractivity contribution is 6.67. The molecule has 0 bridgehead atoms. The molecule has 0 heterocycles. The lowest BCUT2D eigenvalue weighted by molar-refractivity contribution is 0.108. The van der Waals surface area contributed by atoms with E-state index >= 15 is 0 Å². The fraction of sp³-hybridized carbons (Fsp3) is 0.222. The average Bonchev–Trinajstić information content (AvgIpc) is 2.04. The SMILES string of the molecule is CC(N)c1ccc(C(=O)Cl)cc1. The molecule has 0 aromatic heterocycles.